The standard InChI is InChI=1S/C14H15N7O/c1-2-21-17-8-13(19-21)18-14(22)10-20-9-12(7-16-20)11-4-3-5-15-6-11/h3-9H,2,10H2,1H3,(H,18,19,22). The van der Waals surface area contributed by atoms with Crippen LogP contribution in [0.25, 0.3) is 11.1 Å². The summed E-state index contributed by atoms with van der Waals surface area (Å²) < 4.78 is 1.57. The van der Waals surface area contributed by atoms with E-state index in [0.717, 1.165) is 11.1 Å². The minimum absolute atomic E-state index is 0.110. The molecule has 0 bridgehead atoms. The molecule has 3 aromatic rings. The fraction of sp³-hybridized carbons (Fsp3) is 0.214. The van der Waals surface area contributed by atoms with Gasteiger partial charge in [0, 0.05) is 29.7 Å². The maximum atomic E-state index is 12.0. The van der Waals surface area contributed by atoms with Crippen molar-refractivity contribution in [3.63, 3.8) is 0 Å². The van der Waals surface area contributed by atoms with Gasteiger partial charge in [-0.3, -0.25) is 14.5 Å². The molecule has 3 heterocycles. The molecule has 0 radical (unpaired) electrons. The van der Waals surface area contributed by atoms with E-state index in [2.05, 4.69) is 25.6 Å². The lowest BCUT2D eigenvalue weighted by molar-refractivity contribution is -0.116. The van der Waals surface area contributed by atoms with Crippen LogP contribution in [0.1, 0.15) is 6.92 Å². The third kappa shape index (κ3) is 3.17. The van der Waals surface area contributed by atoms with Crippen molar-refractivity contribution in [1.29, 1.82) is 0 Å². The highest BCUT2D eigenvalue weighted by Gasteiger charge is 2.08. The van der Waals surface area contributed by atoms with Crippen LogP contribution in [-0.2, 0) is 17.9 Å². The van der Waals surface area contributed by atoms with Gasteiger partial charge in [0.15, 0.2) is 5.82 Å². The molecule has 1 amide bonds. The molecule has 3 aromatic heterocycles. The molecular weight excluding hydrogens is 282 g/mol. The molecule has 0 atom stereocenters. The fourth-order valence-electron chi connectivity index (χ4n) is 1.97. The maximum absolute atomic E-state index is 12.0. The molecule has 0 fully saturated rings. The van der Waals surface area contributed by atoms with Crippen LogP contribution >= 0.6 is 0 Å². The molecule has 0 aliphatic carbocycles. The number of rotatable bonds is 5. The van der Waals surface area contributed by atoms with Crippen molar-refractivity contribution in [3.05, 3.63) is 43.1 Å². The van der Waals surface area contributed by atoms with E-state index in [9.17, 15) is 4.79 Å². The van der Waals surface area contributed by atoms with E-state index in [1.807, 2.05) is 19.1 Å². The first-order valence-corrected chi connectivity index (χ1v) is 6.87. The Morgan fingerprint density at radius 1 is 1.23 bits per heavy atom. The zero-order chi connectivity index (χ0) is 15.4. The van der Waals surface area contributed by atoms with Gasteiger partial charge in [0.1, 0.15) is 6.54 Å². The lowest BCUT2D eigenvalue weighted by atomic mass is 10.2. The number of nitrogens with zero attached hydrogens (tertiary/aromatic N) is 6. The summed E-state index contributed by atoms with van der Waals surface area (Å²) in [6, 6.07) is 3.80. The Bertz CT molecular complexity index is 762. The van der Waals surface area contributed by atoms with Crippen molar-refractivity contribution in [2.24, 2.45) is 0 Å². The lowest BCUT2D eigenvalue weighted by Gasteiger charge is -2.01. The van der Waals surface area contributed by atoms with Crippen molar-refractivity contribution in [3.8, 4) is 11.1 Å². The fourth-order valence-corrected chi connectivity index (χ4v) is 1.97. The number of aromatic nitrogens is 6. The normalized spacial score (nSPS) is 10.6. The second kappa shape index (κ2) is 6.17. The number of hydrogen-bond donors (Lipinski definition) is 1. The van der Waals surface area contributed by atoms with Crippen LogP contribution in [-0.4, -0.2) is 35.7 Å². The van der Waals surface area contributed by atoms with Gasteiger partial charge >= 0.3 is 0 Å². The van der Waals surface area contributed by atoms with E-state index < -0.39 is 0 Å². The molecule has 0 saturated carbocycles. The number of hydrogen-bond acceptors (Lipinski definition) is 5. The van der Waals surface area contributed by atoms with Crippen LogP contribution in [0, 0.1) is 0 Å². The Kier molecular flexibility index (Phi) is 3.90. The first kappa shape index (κ1) is 13.9. The van der Waals surface area contributed by atoms with Gasteiger partial charge in [-0.25, -0.2) is 0 Å². The van der Waals surface area contributed by atoms with Gasteiger partial charge in [-0.05, 0) is 13.0 Å². The average molecular weight is 297 g/mol. The average Bonchev–Trinajstić information content (AvgIpc) is 3.17. The van der Waals surface area contributed by atoms with E-state index in [4.69, 9.17) is 0 Å². The number of nitrogens with one attached hydrogen (secondary N) is 1. The van der Waals surface area contributed by atoms with Gasteiger partial charge < -0.3 is 5.32 Å². The number of carbonyl (C=O) groups excluding carboxylic acids is 1. The summed E-state index contributed by atoms with van der Waals surface area (Å²) in [6.45, 7) is 2.69. The highest BCUT2D eigenvalue weighted by molar-refractivity contribution is 5.89. The summed E-state index contributed by atoms with van der Waals surface area (Å²) in [4.78, 5) is 17.5. The molecule has 0 aliphatic rings. The monoisotopic (exact) mass is 297 g/mol. The van der Waals surface area contributed by atoms with Crippen molar-refractivity contribution in [2.45, 2.75) is 20.0 Å². The summed E-state index contributed by atoms with van der Waals surface area (Å²) in [5.41, 5.74) is 1.87. The summed E-state index contributed by atoms with van der Waals surface area (Å²) >= 11 is 0. The summed E-state index contributed by atoms with van der Waals surface area (Å²) in [7, 11) is 0. The second-order valence-electron chi connectivity index (χ2n) is 4.63. The number of amides is 1. The number of aryl methyl sites for hydroxylation is 1. The predicted octanol–water partition coefficient (Wildman–Crippen LogP) is 1.20. The van der Waals surface area contributed by atoms with Crippen LogP contribution in [0.15, 0.2) is 43.1 Å². The maximum Gasteiger partial charge on any atom is 0.247 e. The summed E-state index contributed by atoms with van der Waals surface area (Å²) in [5, 5.41) is 15.0. The van der Waals surface area contributed by atoms with Gasteiger partial charge in [0.2, 0.25) is 5.91 Å². The Labute approximate surface area is 126 Å². The van der Waals surface area contributed by atoms with E-state index in [-0.39, 0.29) is 12.5 Å². The summed E-state index contributed by atoms with van der Waals surface area (Å²) in [6.07, 6.45) is 8.50. The molecule has 1 N–H and O–H groups in total. The quantitative estimate of drug-likeness (QED) is 0.764. The highest BCUT2D eigenvalue weighted by atomic mass is 16.2. The van der Waals surface area contributed by atoms with Gasteiger partial charge in [-0.1, -0.05) is 6.07 Å². The van der Waals surface area contributed by atoms with Crippen molar-refractivity contribution in [2.75, 3.05) is 5.32 Å². The van der Waals surface area contributed by atoms with Gasteiger partial charge in [0.05, 0.1) is 18.9 Å². The first-order chi connectivity index (χ1) is 10.7. The molecule has 3 rings (SSSR count). The molecule has 0 aromatic carbocycles. The SMILES string of the molecule is CCn1ncc(NC(=O)Cn2cc(-c3cccnc3)cn2)n1. The second-order valence-corrected chi connectivity index (χ2v) is 4.63. The molecule has 112 valence electrons. The molecule has 0 saturated heterocycles. The van der Waals surface area contributed by atoms with Gasteiger partial charge in [-0.2, -0.15) is 15.0 Å². The molecule has 0 spiro atoms. The molecule has 0 aliphatic heterocycles. The van der Waals surface area contributed by atoms with E-state index in [1.54, 1.807) is 29.5 Å². The van der Waals surface area contributed by atoms with E-state index in [1.165, 1.54) is 11.0 Å². The predicted molar refractivity (Wildman–Crippen MR) is 79.8 cm³/mol. The Morgan fingerprint density at radius 2 is 2.14 bits per heavy atom. The van der Waals surface area contributed by atoms with Gasteiger partial charge in [0.25, 0.3) is 0 Å². The third-order valence-corrected chi connectivity index (χ3v) is 3.02. The van der Waals surface area contributed by atoms with E-state index in [0.29, 0.717) is 12.4 Å². The first-order valence-electron chi connectivity index (χ1n) is 6.87. The van der Waals surface area contributed by atoms with Crippen LogP contribution < -0.4 is 5.32 Å². The number of anilines is 1. The topological polar surface area (TPSA) is 90.5 Å². The Hall–Kier alpha value is -3.03. The van der Waals surface area contributed by atoms with Crippen molar-refractivity contribution < 1.29 is 4.79 Å². The highest BCUT2D eigenvalue weighted by Crippen LogP contribution is 2.16. The van der Waals surface area contributed by atoms with Crippen LogP contribution in [0.2, 0.25) is 0 Å². The largest absolute Gasteiger partial charge is 0.306 e. The van der Waals surface area contributed by atoms with Crippen LogP contribution in [0.4, 0.5) is 5.82 Å². The van der Waals surface area contributed by atoms with Crippen molar-refractivity contribution in [1.82, 2.24) is 29.8 Å². The van der Waals surface area contributed by atoms with Crippen LogP contribution in [0.3, 0.4) is 0 Å². The molecule has 0 unspecified atom stereocenters. The smallest absolute Gasteiger partial charge is 0.247 e. The molecular formula is C14H15N7O. The third-order valence-electron chi connectivity index (χ3n) is 3.02. The van der Waals surface area contributed by atoms with Crippen molar-refractivity contribution >= 4 is 11.7 Å². The molecule has 8 heteroatoms. The Balaban J connectivity index is 1.63. The summed E-state index contributed by atoms with van der Waals surface area (Å²) in [5.74, 6) is 0.232. The minimum Gasteiger partial charge on any atom is -0.306 e. The van der Waals surface area contributed by atoms with Crippen LogP contribution in [0.5, 0.6) is 0 Å². The Morgan fingerprint density at radius 3 is 2.86 bits per heavy atom. The number of carbonyl (C=O) groups is 1. The molecule has 22 heavy (non-hydrogen) atoms. The zero-order valence-electron chi connectivity index (χ0n) is 12.0. The van der Waals surface area contributed by atoms with E-state index >= 15 is 0 Å². The number of pyridine rings is 1. The minimum atomic E-state index is -0.205. The zero-order valence-corrected chi connectivity index (χ0v) is 12.0. The molecule has 8 nitrogen and oxygen atoms in total. The van der Waals surface area contributed by atoms with Gasteiger partial charge in [-0.15, -0.1) is 5.10 Å². The lowest BCUT2D eigenvalue weighted by Crippen LogP contribution is -2.19.